The molecule has 2 rings (SSSR count). The molecule has 0 spiro atoms. The van der Waals surface area contributed by atoms with Crippen molar-refractivity contribution in [1.82, 2.24) is 9.55 Å². The number of ether oxygens (including phenoxy) is 1. The number of hydrogen-bond acceptors (Lipinski definition) is 3. The van der Waals surface area contributed by atoms with Crippen molar-refractivity contribution < 1.29 is 17.9 Å². The number of nitrogen functional groups attached to an aromatic ring is 1. The molecule has 0 aliphatic heterocycles. The van der Waals surface area contributed by atoms with Crippen molar-refractivity contribution in [2.45, 2.75) is 19.6 Å². The molecular formula is C12H12F3N3O. The monoisotopic (exact) mass is 271 g/mol. The Kier molecular flexibility index (Phi) is 3.37. The molecule has 102 valence electrons. The lowest BCUT2D eigenvalue weighted by atomic mass is 10.2. The number of aryl methyl sites for hydroxylation is 1. The Morgan fingerprint density at radius 2 is 2.11 bits per heavy atom. The van der Waals surface area contributed by atoms with Crippen LogP contribution in [-0.2, 0) is 12.7 Å². The maximum atomic E-state index is 12.5. The van der Waals surface area contributed by atoms with Gasteiger partial charge in [0.15, 0.2) is 5.75 Å². The topological polar surface area (TPSA) is 53.1 Å². The molecule has 0 aliphatic carbocycles. The Balaban J connectivity index is 2.27. The fourth-order valence-electron chi connectivity index (χ4n) is 1.56. The number of halogens is 3. The smallest absolute Gasteiger partial charge is 0.416 e. The molecule has 0 saturated carbocycles. The summed E-state index contributed by atoms with van der Waals surface area (Å²) in [4.78, 5) is 3.96. The first-order valence-electron chi connectivity index (χ1n) is 5.57. The standard InChI is InChI=1S/C12H12F3N3O/c1-2-18-6-5-17-11(18)19-10-4-3-8(7-9(10)16)12(13,14)15/h3-7H,2,16H2,1H3. The van der Waals surface area contributed by atoms with Crippen molar-refractivity contribution in [3.63, 3.8) is 0 Å². The number of rotatable bonds is 3. The highest BCUT2D eigenvalue weighted by molar-refractivity contribution is 5.55. The van der Waals surface area contributed by atoms with Gasteiger partial charge in [0.25, 0.3) is 0 Å². The molecule has 0 aliphatic rings. The van der Waals surface area contributed by atoms with Crippen molar-refractivity contribution >= 4 is 5.69 Å². The third-order valence-electron chi connectivity index (χ3n) is 2.56. The number of aromatic nitrogens is 2. The summed E-state index contributed by atoms with van der Waals surface area (Å²) in [5, 5.41) is 0. The van der Waals surface area contributed by atoms with Crippen LogP contribution in [0.2, 0.25) is 0 Å². The normalized spacial score (nSPS) is 11.6. The van der Waals surface area contributed by atoms with Crippen LogP contribution in [0.5, 0.6) is 11.8 Å². The highest BCUT2D eigenvalue weighted by atomic mass is 19.4. The van der Waals surface area contributed by atoms with Gasteiger partial charge in [-0.05, 0) is 25.1 Å². The SMILES string of the molecule is CCn1ccnc1Oc1ccc(C(F)(F)F)cc1N. The highest BCUT2D eigenvalue weighted by Gasteiger charge is 2.31. The second-order valence-corrected chi connectivity index (χ2v) is 3.85. The lowest BCUT2D eigenvalue weighted by Gasteiger charge is -2.11. The Hall–Kier alpha value is -2.18. The summed E-state index contributed by atoms with van der Waals surface area (Å²) < 4.78 is 44.6. The van der Waals surface area contributed by atoms with Gasteiger partial charge in [-0.25, -0.2) is 4.98 Å². The number of hydrogen-bond donors (Lipinski definition) is 1. The average molecular weight is 271 g/mol. The average Bonchev–Trinajstić information content (AvgIpc) is 2.77. The minimum atomic E-state index is -4.42. The van der Waals surface area contributed by atoms with Gasteiger partial charge in [0.2, 0.25) is 0 Å². The molecule has 7 heteroatoms. The number of imidazole rings is 1. The van der Waals surface area contributed by atoms with Gasteiger partial charge in [-0.3, -0.25) is 0 Å². The van der Waals surface area contributed by atoms with Crippen molar-refractivity contribution in [2.24, 2.45) is 0 Å². The molecule has 2 N–H and O–H groups in total. The van der Waals surface area contributed by atoms with E-state index in [1.165, 1.54) is 6.07 Å². The Morgan fingerprint density at radius 3 is 2.68 bits per heavy atom. The fourth-order valence-corrected chi connectivity index (χ4v) is 1.56. The molecule has 4 nitrogen and oxygen atoms in total. The number of alkyl halides is 3. The third-order valence-corrected chi connectivity index (χ3v) is 2.56. The predicted octanol–water partition coefficient (Wildman–Crippen LogP) is 3.30. The van der Waals surface area contributed by atoms with Gasteiger partial charge >= 0.3 is 12.2 Å². The summed E-state index contributed by atoms with van der Waals surface area (Å²) in [6.07, 6.45) is -1.18. The molecule has 0 saturated heterocycles. The Labute approximate surface area is 107 Å². The van der Waals surface area contributed by atoms with Crippen molar-refractivity contribution in [2.75, 3.05) is 5.73 Å². The van der Waals surface area contributed by atoms with E-state index in [0.29, 0.717) is 6.54 Å². The zero-order chi connectivity index (χ0) is 14.0. The summed E-state index contributed by atoms with van der Waals surface area (Å²) >= 11 is 0. The number of nitrogens with zero attached hydrogens (tertiary/aromatic N) is 2. The van der Waals surface area contributed by atoms with Crippen LogP contribution in [0.15, 0.2) is 30.6 Å². The zero-order valence-corrected chi connectivity index (χ0v) is 10.1. The van der Waals surface area contributed by atoms with E-state index < -0.39 is 11.7 Å². The fraction of sp³-hybridized carbons (Fsp3) is 0.250. The number of anilines is 1. The predicted molar refractivity (Wildman–Crippen MR) is 63.8 cm³/mol. The van der Waals surface area contributed by atoms with Gasteiger partial charge in [-0.15, -0.1) is 0 Å². The molecule has 0 fully saturated rings. The molecule has 2 aromatic rings. The van der Waals surface area contributed by atoms with Crippen LogP contribution in [0.3, 0.4) is 0 Å². The first-order valence-corrected chi connectivity index (χ1v) is 5.57. The maximum Gasteiger partial charge on any atom is 0.416 e. The summed E-state index contributed by atoms with van der Waals surface area (Å²) in [5.74, 6) is 0.147. The molecule has 0 atom stereocenters. The molecular weight excluding hydrogens is 259 g/mol. The van der Waals surface area contributed by atoms with Gasteiger partial charge in [-0.2, -0.15) is 13.2 Å². The van der Waals surface area contributed by atoms with E-state index in [1.54, 1.807) is 17.0 Å². The van der Waals surface area contributed by atoms with Crippen molar-refractivity contribution in [1.29, 1.82) is 0 Å². The van der Waals surface area contributed by atoms with E-state index in [-0.39, 0.29) is 17.4 Å². The van der Waals surface area contributed by atoms with E-state index >= 15 is 0 Å². The summed E-state index contributed by atoms with van der Waals surface area (Å²) in [7, 11) is 0. The Bertz CT molecular complexity index is 578. The third kappa shape index (κ3) is 2.81. The molecule has 0 unspecified atom stereocenters. The second-order valence-electron chi connectivity index (χ2n) is 3.85. The van der Waals surface area contributed by atoms with Gasteiger partial charge in [0, 0.05) is 18.9 Å². The first-order chi connectivity index (χ1) is 8.91. The largest absolute Gasteiger partial charge is 0.423 e. The second kappa shape index (κ2) is 4.83. The first kappa shape index (κ1) is 13.3. The van der Waals surface area contributed by atoms with Gasteiger partial charge in [0.05, 0.1) is 11.3 Å². The lowest BCUT2D eigenvalue weighted by Crippen LogP contribution is -2.06. The summed E-state index contributed by atoms with van der Waals surface area (Å²) in [6.45, 7) is 2.53. The molecule has 19 heavy (non-hydrogen) atoms. The zero-order valence-electron chi connectivity index (χ0n) is 10.1. The summed E-state index contributed by atoms with van der Waals surface area (Å²) in [6, 6.07) is 3.24. The van der Waals surface area contributed by atoms with Gasteiger partial charge in [-0.1, -0.05) is 0 Å². The number of benzene rings is 1. The van der Waals surface area contributed by atoms with Crippen molar-refractivity contribution in [3.05, 3.63) is 36.2 Å². The van der Waals surface area contributed by atoms with Crippen LogP contribution in [0.25, 0.3) is 0 Å². The quantitative estimate of drug-likeness (QED) is 0.871. The molecule has 1 aromatic carbocycles. The van der Waals surface area contributed by atoms with E-state index in [4.69, 9.17) is 10.5 Å². The van der Waals surface area contributed by atoms with E-state index in [9.17, 15) is 13.2 Å². The van der Waals surface area contributed by atoms with Crippen LogP contribution in [0.4, 0.5) is 18.9 Å². The van der Waals surface area contributed by atoms with E-state index in [1.807, 2.05) is 6.92 Å². The van der Waals surface area contributed by atoms with E-state index in [0.717, 1.165) is 12.1 Å². The minimum absolute atomic E-state index is 0.0829. The maximum absolute atomic E-state index is 12.5. The lowest BCUT2D eigenvalue weighted by molar-refractivity contribution is -0.137. The number of nitrogens with two attached hydrogens (primary N) is 1. The Morgan fingerprint density at radius 1 is 1.37 bits per heavy atom. The van der Waals surface area contributed by atoms with Crippen LogP contribution < -0.4 is 10.5 Å². The van der Waals surface area contributed by atoms with Crippen LogP contribution in [0, 0.1) is 0 Å². The van der Waals surface area contributed by atoms with Gasteiger partial charge in [0.1, 0.15) is 0 Å². The van der Waals surface area contributed by atoms with E-state index in [2.05, 4.69) is 4.98 Å². The highest BCUT2D eigenvalue weighted by Crippen LogP contribution is 2.34. The summed E-state index contributed by atoms with van der Waals surface area (Å²) in [5.41, 5.74) is 4.67. The molecule has 1 heterocycles. The molecule has 0 radical (unpaired) electrons. The molecule has 0 bridgehead atoms. The van der Waals surface area contributed by atoms with Crippen LogP contribution in [-0.4, -0.2) is 9.55 Å². The van der Waals surface area contributed by atoms with Gasteiger partial charge < -0.3 is 15.0 Å². The van der Waals surface area contributed by atoms with Crippen LogP contribution >= 0.6 is 0 Å². The molecule has 0 amide bonds. The van der Waals surface area contributed by atoms with Crippen molar-refractivity contribution in [3.8, 4) is 11.8 Å². The minimum Gasteiger partial charge on any atom is -0.423 e. The molecule has 1 aromatic heterocycles. The van der Waals surface area contributed by atoms with Crippen LogP contribution in [0.1, 0.15) is 12.5 Å².